The molecule has 0 spiro atoms. The number of esters is 1. The van der Waals surface area contributed by atoms with Gasteiger partial charge >= 0.3 is 5.97 Å². The zero-order valence-electron chi connectivity index (χ0n) is 15.2. The molecule has 0 aliphatic carbocycles. The molecule has 138 valence electrons. The van der Waals surface area contributed by atoms with Crippen molar-refractivity contribution in [3.63, 3.8) is 0 Å². The lowest BCUT2D eigenvalue weighted by molar-refractivity contribution is -0.154. The van der Waals surface area contributed by atoms with E-state index in [0.29, 0.717) is 29.9 Å². The van der Waals surface area contributed by atoms with E-state index in [1.165, 1.54) is 0 Å². The number of ether oxygens (including phenoxy) is 3. The fraction of sp³-hybridized carbons (Fsp3) is 0.579. The number of rotatable bonds is 7. The number of likely N-dealkylation sites (tertiary alicyclic amines) is 1. The van der Waals surface area contributed by atoms with E-state index in [0.717, 1.165) is 19.5 Å². The van der Waals surface area contributed by atoms with Crippen LogP contribution in [0.1, 0.15) is 27.2 Å². The molecule has 0 unspecified atom stereocenters. The van der Waals surface area contributed by atoms with E-state index < -0.39 is 5.97 Å². The van der Waals surface area contributed by atoms with E-state index in [9.17, 15) is 9.59 Å². The molecule has 0 saturated carbocycles. The lowest BCUT2D eigenvalue weighted by atomic mass is 9.92. The van der Waals surface area contributed by atoms with Crippen LogP contribution in [0.3, 0.4) is 0 Å². The summed E-state index contributed by atoms with van der Waals surface area (Å²) in [6.45, 7) is 7.58. The Morgan fingerprint density at radius 3 is 2.24 bits per heavy atom. The van der Waals surface area contributed by atoms with Crippen molar-refractivity contribution in [2.75, 3.05) is 32.9 Å². The van der Waals surface area contributed by atoms with Crippen LogP contribution in [-0.4, -0.2) is 49.7 Å². The zero-order chi connectivity index (χ0) is 18.2. The Balaban J connectivity index is 1.76. The van der Waals surface area contributed by atoms with E-state index in [-0.39, 0.29) is 19.1 Å². The summed E-state index contributed by atoms with van der Waals surface area (Å²) in [6.07, 6.45) is 1.12. The third-order valence-corrected chi connectivity index (χ3v) is 4.07. The molecule has 0 bridgehead atoms. The third-order valence-electron chi connectivity index (χ3n) is 4.07. The SMILES string of the molecule is CCOc1ccccc1OCC(=O)OCC(=O)N1C[C@@H](C)C[C@H](C)C1. The van der Waals surface area contributed by atoms with Crippen LogP contribution in [0.2, 0.25) is 0 Å². The zero-order valence-corrected chi connectivity index (χ0v) is 15.2. The minimum atomic E-state index is -0.572. The molecule has 0 radical (unpaired) electrons. The highest BCUT2D eigenvalue weighted by molar-refractivity contribution is 5.81. The van der Waals surface area contributed by atoms with Crippen molar-refractivity contribution in [1.82, 2.24) is 4.90 Å². The molecule has 2 rings (SSSR count). The first-order valence-corrected chi connectivity index (χ1v) is 8.77. The molecule has 1 heterocycles. The fourth-order valence-electron chi connectivity index (χ4n) is 3.12. The Bertz CT molecular complexity index is 579. The molecule has 1 saturated heterocycles. The van der Waals surface area contributed by atoms with Crippen LogP contribution < -0.4 is 9.47 Å². The summed E-state index contributed by atoms with van der Waals surface area (Å²) < 4.78 is 15.9. The van der Waals surface area contributed by atoms with Crippen LogP contribution in [-0.2, 0) is 14.3 Å². The highest BCUT2D eigenvalue weighted by Gasteiger charge is 2.25. The second-order valence-corrected chi connectivity index (χ2v) is 6.57. The van der Waals surface area contributed by atoms with Gasteiger partial charge in [-0.05, 0) is 37.3 Å². The van der Waals surface area contributed by atoms with Crippen LogP contribution in [0.15, 0.2) is 24.3 Å². The summed E-state index contributed by atoms with van der Waals surface area (Å²) in [5.74, 6) is 1.28. The van der Waals surface area contributed by atoms with Gasteiger partial charge in [-0.2, -0.15) is 0 Å². The third kappa shape index (κ3) is 5.96. The van der Waals surface area contributed by atoms with E-state index in [4.69, 9.17) is 14.2 Å². The minimum Gasteiger partial charge on any atom is -0.490 e. The average Bonchev–Trinajstić information content (AvgIpc) is 2.58. The molecule has 1 fully saturated rings. The van der Waals surface area contributed by atoms with Gasteiger partial charge in [0.05, 0.1) is 6.61 Å². The van der Waals surface area contributed by atoms with Crippen molar-refractivity contribution in [1.29, 1.82) is 0 Å². The molecular weight excluding hydrogens is 322 g/mol. The number of nitrogens with zero attached hydrogens (tertiary/aromatic N) is 1. The molecule has 2 atom stereocenters. The highest BCUT2D eigenvalue weighted by atomic mass is 16.6. The molecule has 1 aromatic rings. The van der Waals surface area contributed by atoms with E-state index in [2.05, 4.69) is 13.8 Å². The standard InChI is InChI=1S/C19H27NO5/c1-4-23-16-7-5-6-8-17(16)24-13-19(22)25-12-18(21)20-10-14(2)9-15(3)11-20/h5-8,14-15H,4,9-13H2,1-3H3/t14-,15-/m0/s1. The fourth-order valence-corrected chi connectivity index (χ4v) is 3.12. The first kappa shape index (κ1) is 19.1. The summed E-state index contributed by atoms with van der Waals surface area (Å²) in [7, 11) is 0. The van der Waals surface area contributed by atoms with Gasteiger partial charge < -0.3 is 19.1 Å². The monoisotopic (exact) mass is 349 g/mol. The molecule has 6 nitrogen and oxygen atoms in total. The van der Waals surface area contributed by atoms with Gasteiger partial charge in [0.1, 0.15) is 0 Å². The van der Waals surface area contributed by atoms with Crippen molar-refractivity contribution in [2.24, 2.45) is 11.8 Å². The predicted molar refractivity (Wildman–Crippen MR) is 93.6 cm³/mol. The number of benzene rings is 1. The number of piperidine rings is 1. The number of para-hydroxylation sites is 2. The maximum absolute atomic E-state index is 12.2. The first-order valence-electron chi connectivity index (χ1n) is 8.77. The second-order valence-electron chi connectivity index (χ2n) is 6.57. The number of carbonyl (C=O) groups is 2. The number of carbonyl (C=O) groups excluding carboxylic acids is 2. The van der Waals surface area contributed by atoms with Crippen LogP contribution >= 0.6 is 0 Å². The van der Waals surface area contributed by atoms with Gasteiger partial charge in [0.15, 0.2) is 24.7 Å². The van der Waals surface area contributed by atoms with Gasteiger partial charge in [-0.15, -0.1) is 0 Å². The van der Waals surface area contributed by atoms with Crippen molar-refractivity contribution >= 4 is 11.9 Å². The molecule has 0 N–H and O–H groups in total. The maximum Gasteiger partial charge on any atom is 0.344 e. The van der Waals surface area contributed by atoms with Crippen molar-refractivity contribution in [2.45, 2.75) is 27.2 Å². The number of hydrogen-bond acceptors (Lipinski definition) is 5. The smallest absolute Gasteiger partial charge is 0.344 e. The molecule has 1 aliphatic heterocycles. The molecule has 6 heteroatoms. The molecule has 0 aromatic heterocycles. The topological polar surface area (TPSA) is 65.1 Å². The molecular formula is C19H27NO5. The summed E-state index contributed by atoms with van der Waals surface area (Å²) in [5.41, 5.74) is 0. The Labute approximate surface area is 149 Å². The van der Waals surface area contributed by atoms with Crippen LogP contribution in [0, 0.1) is 11.8 Å². The maximum atomic E-state index is 12.2. The second kappa shape index (κ2) is 9.30. The van der Waals surface area contributed by atoms with Crippen LogP contribution in [0.4, 0.5) is 0 Å². The summed E-state index contributed by atoms with van der Waals surface area (Å²) in [5, 5.41) is 0. The van der Waals surface area contributed by atoms with Gasteiger partial charge in [0.25, 0.3) is 5.91 Å². The van der Waals surface area contributed by atoms with Crippen molar-refractivity contribution in [3.05, 3.63) is 24.3 Å². The van der Waals surface area contributed by atoms with Crippen LogP contribution in [0.25, 0.3) is 0 Å². The number of hydrogen-bond donors (Lipinski definition) is 0. The summed E-state index contributed by atoms with van der Waals surface area (Å²) >= 11 is 0. The van der Waals surface area contributed by atoms with Gasteiger partial charge in [-0.3, -0.25) is 4.79 Å². The Hall–Kier alpha value is -2.24. The molecule has 1 amide bonds. The van der Waals surface area contributed by atoms with Crippen LogP contribution in [0.5, 0.6) is 11.5 Å². The minimum absolute atomic E-state index is 0.151. The lowest BCUT2D eigenvalue weighted by Crippen LogP contribution is -2.44. The van der Waals surface area contributed by atoms with Crippen molar-refractivity contribution < 1.29 is 23.8 Å². The summed E-state index contributed by atoms with van der Waals surface area (Å²) in [6, 6.07) is 7.12. The van der Waals surface area contributed by atoms with Gasteiger partial charge in [0.2, 0.25) is 0 Å². The van der Waals surface area contributed by atoms with Gasteiger partial charge in [0, 0.05) is 13.1 Å². The number of amides is 1. The summed E-state index contributed by atoms with van der Waals surface area (Å²) in [4.78, 5) is 25.8. The van der Waals surface area contributed by atoms with Gasteiger partial charge in [-0.1, -0.05) is 26.0 Å². The van der Waals surface area contributed by atoms with E-state index >= 15 is 0 Å². The first-order chi connectivity index (χ1) is 12.0. The lowest BCUT2D eigenvalue weighted by Gasteiger charge is -2.34. The Kier molecular flexibility index (Phi) is 7.10. The normalized spacial score (nSPS) is 20.0. The largest absolute Gasteiger partial charge is 0.490 e. The molecule has 1 aliphatic rings. The average molecular weight is 349 g/mol. The Morgan fingerprint density at radius 2 is 1.64 bits per heavy atom. The Morgan fingerprint density at radius 1 is 1.04 bits per heavy atom. The van der Waals surface area contributed by atoms with E-state index in [1.54, 1.807) is 23.1 Å². The molecule has 1 aromatic carbocycles. The van der Waals surface area contributed by atoms with Gasteiger partial charge in [-0.25, -0.2) is 4.79 Å². The predicted octanol–water partition coefficient (Wildman–Crippen LogP) is 2.51. The van der Waals surface area contributed by atoms with Crippen molar-refractivity contribution in [3.8, 4) is 11.5 Å². The van der Waals surface area contributed by atoms with E-state index in [1.807, 2.05) is 13.0 Å². The highest BCUT2D eigenvalue weighted by Crippen LogP contribution is 2.26. The quantitative estimate of drug-likeness (QED) is 0.708. The molecule has 25 heavy (non-hydrogen) atoms.